The molecule has 0 rings (SSSR count). The molecule has 0 saturated heterocycles. The fourth-order valence-corrected chi connectivity index (χ4v) is 2.00. The maximum atomic E-state index is 11.7. The molecule has 0 aliphatic carbocycles. The van der Waals surface area contributed by atoms with Crippen LogP contribution in [0.3, 0.4) is 0 Å². The van der Waals surface area contributed by atoms with Crippen LogP contribution in [0.25, 0.3) is 0 Å². The zero-order valence-electron chi connectivity index (χ0n) is 11.1. The van der Waals surface area contributed by atoms with Gasteiger partial charge in [0.2, 0.25) is 5.91 Å². The Labute approximate surface area is 108 Å². The van der Waals surface area contributed by atoms with Crippen LogP contribution in [0.1, 0.15) is 34.1 Å². The summed E-state index contributed by atoms with van der Waals surface area (Å²) in [6.45, 7) is 7.55. The fraction of sp³-hybridized carbons (Fsp3) is 0.833. The molecule has 0 heterocycles. The van der Waals surface area contributed by atoms with E-state index >= 15 is 0 Å². The van der Waals surface area contributed by atoms with Crippen molar-refractivity contribution in [3.63, 3.8) is 0 Å². The maximum Gasteiger partial charge on any atom is 0.231 e. The number of hydrogen-bond donors (Lipinski definition) is 2. The van der Waals surface area contributed by atoms with Crippen LogP contribution < -0.4 is 11.1 Å². The van der Waals surface area contributed by atoms with Gasteiger partial charge in [0.05, 0.1) is 11.8 Å². The summed E-state index contributed by atoms with van der Waals surface area (Å²) in [5.41, 5.74) is 4.84. The highest BCUT2D eigenvalue weighted by molar-refractivity contribution is 7.99. The van der Waals surface area contributed by atoms with Crippen LogP contribution in [-0.4, -0.2) is 29.0 Å². The summed E-state index contributed by atoms with van der Waals surface area (Å²) in [6.07, 6.45) is 0.900. The van der Waals surface area contributed by atoms with Gasteiger partial charge >= 0.3 is 0 Å². The number of thioether (sulfide) groups is 1. The number of carbonyl (C=O) groups excluding carboxylic acids is 1. The molecule has 17 heavy (non-hydrogen) atoms. The first-order valence-electron chi connectivity index (χ1n) is 5.87. The van der Waals surface area contributed by atoms with Crippen molar-refractivity contribution < 1.29 is 4.79 Å². The topological polar surface area (TPSA) is 78.9 Å². The standard InChI is InChI=1S/C12H23N3OS/c1-9(2)12(4,8-13)15-11(16)7-17-6-5-10(3)14/h9-10H,5-7,14H2,1-4H3,(H,15,16). The Morgan fingerprint density at radius 2 is 2.12 bits per heavy atom. The lowest BCUT2D eigenvalue weighted by Crippen LogP contribution is -2.49. The van der Waals surface area contributed by atoms with Gasteiger partial charge in [-0.2, -0.15) is 17.0 Å². The van der Waals surface area contributed by atoms with E-state index in [-0.39, 0.29) is 17.9 Å². The number of nitrogens with two attached hydrogens (primary N) is 1. The van der Waals surface area contributed by atoms with Crippen LogP contribution in [0.4, 0.5) is 0 Å². The average Bonchev–Trinajstić information content (AvgIpc) is 2.23. The van der Waals surface area contributed by atoms with Crippen LogP contribution in [-0.2, 0) is 4.79 Å². The molecule has 3 N–H and O–H groups in total. The van der Waals surface area contributed by atoms with Crippen molar-refractivity contribution in [3.05, 3.63) is 0 Å². The van der Waals surface area contributed by atoms with Crippen molar-refractivity contribution in [2.45, 2.75) is 45.7 Å². The molecular formula is C12H23N3OS. The van der Waals surface area contributed by atoms with E-state index in [2.05, 4.69) is 11.4 Å². The third-order valence-corrected chi connectivity index (χ3v) is 3.73. The van der Waals surface area contributed by atoms with Crippen LogP contribution in [0.15, 0.2) is 0 Å². The Morgan fingerprint density at radius 3 is 2.53 bits per heavy atom. The molecule has 0 bridgehead atoms. The number of rotatable bonds is 7. The molecule has 0 aromatic heterocycles. The van der Waals surface area contributed by atoms with Crippen LogP contribution in [0.5, 0.6) is 0 Å². The Hall–Kier alpha value is -0.730. The van der Waals surface area contributed by atoms with E-state index in [1.165, 1.54) is 0 Å². The van der Waals surface area contributed by atoms with Gasteiger partial charge in [-0.1, -0.05) is 13.8 Å². The quantitative estimate of drug-likeness (QED) is 0.678. The van der Waals surface area contributed by atoms with Gasteiger partial charge in [0.15, 0.2) is 0 Å². The highest BCUT2D eigenvalue weighted by Crippen LogP contribution is 2.15. The number of hydrogen-bond acceptors (Lipinski definition) is 4. The van der Waals surface area contributed by atoms with Gasteiger partial charge in [-0.05, 0) is 31.9 Å². The van der Waals surface area contributed by atoms with E-state index < -0.39 is 5.54 Å². The van der Waals surface area contributed by atoms with E-state index in [9.17, 15) is 4.79 Å². The van der Waals surface area contributed by atoms with Gasteiger partial charge in [-0.3, -0.25) is 4.79 Å². The summed E-state index contributed by atoms with van der Waals surface area (Å²) in [5, 5.41) is 11.8. The Morgan fingerprint density at radius 1 is 1.53 bits per heavy atom. The van der Waals surface area contributed by atoms with Gasteiger partial charge in [-0.15, -0.1) is 0 Å². The van der Waals surface area contributed by atoms with Crippen molar-refractivity contribution in [2.75, 3.05) is 11.5 Å². The molecule has 4 nitrogen and oxygen atoms in total. The second-order valence-electron chi connectivity index (χ2n) is 4.84. The van der Waals surface area contributed by atoms with Crippen LogP contribution >= 0.6 is 11.8 Å². The molecule has 0 aromatic carbocycles. The van der Waals surface area contributed by atoms with Gasteiger partial charge in [-0.25, -0.2) is 0 Å². The van der Waals surface area contributed by atoms with Crippen LogP contribution in [0, 0.1) is 17.2 Å². The van der Waals surface area contributed by atoms with Gasteiger partial charge in [0.25, 0.3) is 0 Å². The normalized spacial score (nSPS) is 16.1. The minimum atomic E-state index is -0.779. The predicted molar refractivity (Wildman–Crippen MR) is 72.6 cm³/mol. The molecular weight excluding hydrogens is 234 g/mol. The molecule has 0 spiro atoms. The lowest BCUT2D eigenvalue weighted by molar-refractivity contribution is -0.120. The molecule has 98 valence electrons. The summed E-state index contributed by atoms with van der Waals surface area (Å²) in [5.74, 6) is 1.26. The smallest absolute Gasteiger partial charge is 0.231 e. The van der Waals surface area contributed by atoms with Crippen LogP contribution in [0.2, 0.25) is 0 Å². The van der Waals surface area contributed by atoms with Gasteiger partial charge in [0.1, 0.15) is 5.54 Å². The van der Waals surface area contributed by atoms with Crippen molar-refractivity contribution in [1.29, 1.82) is 5.26 Å². The first-order valence-corrected chi connectivity index (χ1v) is 7.03. The van der Waals surface area contributed by atoms with Gasteiger partial charge < -0.3 is 11.1 Å². The van der Waals surface area contributed by atoms with Crippen molar-refractivity contribution in [2.24, 2.45) is 11.7 Å². The zero-order valence-corrected chi connectivity index (χ0v) is 11.9. The number of amides is 1. The summed E-state index contributed by atoms with van der Waals surface area (Å²) < 4.78 is 0. The molecule has 2 atom stereocenters. The first-order chi connectivity index (χ1) is 7.81. The second kappa shape index (κ2) is 7.57. The molecule has 0 fully saturated rings. The zero-order chi connectivity index (χ0) is 13.5. The largest absolute Gasteiger partial charge is 0.337 e. The maximum absolute atomic E-state index is 11.7. The minimum Gasteiger partial charge on any atom is -0.337 e. The molecule has 0 aliphatic heterocycles. The van der Waals surface area contributed by atoms with E-state index in [0.717, 1.165) is 12.2 Å². The third-order valence-electron chi connectivity index (χ3n) is 2.74. The van der Waals surface area contributed by atoms with E-state index in [1.54, 1.807) is 18.7 Å². The minimum absolute atomic E-state index is 0.0857. The van der Waals surface area contributed by atoms with E-state index in [4.69, 9.17) is 11.0 Å². The SMILES string of the molecule is CC(N)CCSCC(=O)NC(C)(C#N)C(C)C. The molecule has 0 saturated carbocycles. The van der Waals surface area contributed by atoms with Crippen molar-refractivity contribution >= 4 is 17.7 Å². The average molecular weight is 257 g/mol. The monoisotopic (exact) mass is 257 g/mol. The first kappa shape index (κ1) is 16.3. The predicted octanol–water partition coefficient (Wildman–Crippen LogP) is 1.51. The molecule has 5 heteroatoms. The summed E-state index contributed by atoms with van der Waals surface area (Å²) in [7, 11) is 0. The Balaban J connectivity index is 3.98. The third kappa shape index (κ3) is 6.54. The van der Waals surface area contributed by atoms with Gasteiger partial charge in [0, 0.05) is 6.04 Å². The summed E-state index contributed by atoms with van der Waals surface area (Å²) in [4.78, 5) is 11.7. The lowest BCUT2D eigenvalue weighted by atomic mass is 9.90. The number of nitrogens with one attached hydrogen (secondary N) is 1. The summed E-state index contributed by atoms with van der Waals surface area (Å²) in [6, 6.07) is 2.33. The number of nitriles is 1. The number of nitrogens with zero attached hydrogens (tertiary/aromatic N) is 1. The second-order valence-corrected chi connectivity index (χ2v) is 5.94. The Bertz CT molecular complexity index is 286. The van der Waals surface area contributed by atoms with E-state index in [0.29, 0.717) is 5.75 Å². The fourth-order valence-electron chi connectivity index (χ4n) is 1.06. The van der Waals surface area contributed by atoms with Crippen molar-refractivity contribution in [3.8, 4) is 6.07 Å². The molecule has 0 radical (unpaired) electrons. The molecule has 0 aromatic rings. The molecule has 0 aliphatic rings. The highest BCUT2D eigenvalue weighted by atomic mass is 32.2. The van der Waals surface area contributed by atoms with E-state index in [1.807, 2.05) is 20.8 Å². The Kier molecular flexibility index (Phi) is 7.24. The highest BCUT2D eigenvalue weighted by Gasteiger charge is 2.29. The molecule has 1 amide bonds. The summed E-state index contributed by atoms with van der Waals surface area (Å²) >= 11 is 1.55. The number of carbonyl (C=O) groups is 1. The molecule has 2 unspecified atom stereocenters. The van der Waals surface area contributed by atoms with Crippen molar-refractivity contribution in [1.82, 2.24) is 5.32 Å². The lowest BCUT2D eigenvalue weighted by Gasteiger charge is -2.27.